The van der Waals surface area contributed by atoms with Gasteiger partial charge in [-0.05, 0) is 33.0 Å². The van der Waals surface area contributed by atoms with Gasteiger partial charge in [0, 0.05) is 25.5 Å². The Bertz CT molecular complexity index is 703. The van der Waals surface area contributed by atoms with Crippen molar-refractivity contribution >= 4 is 5.95 Å². The topological polar surface area (TPSA) is 58.9 Å². The minimum atomic E-state index is -4.53. The number of rotatable bonds is 3. The van der Waals surface area contributed by atoms with Crippen molar-refractivity contribution in [2.45, 2.75) is 25.1 Å². The number of piperidine rings is 1. The van der Waals surface area contributed by atoms with Gasteiger partial charge in [0.2, 0.25) is 5.95 Å². The maximum absolute atomic E-state index is 13.2. The maximum Gasteiger partial charge on any atom is 0.420 e. The first kappa shape index (κ1) is 16.7. The van der Waals surface area contributed by atoms with E-state index >= 15 is 0 Å². The molecule has 0 unspecified atom stereocenters. The predicted octanol–water partition coefficient (Wildman–Crippen LogP) is 2.40. The van der Waals surface area contributed by atoms with Crippen LogP contribution < -0.4 is 5.32 Å². The lowest BCUT2D eigenvalue weighted by atomic mass is 10.1. The van der Waals surface area contributed by atoms with Gasteiger partial charge in [-0.3, -0.25) is 0 Å². The smallest absolute Gasteiger partial charge is 0.351 e. The normalized spacial score (nSPS) is 17.2. The third-order valence-electron chi connectivity index (χ3n) is 4.09. The first-order valence-corrected chi connectivity index (χ1v) is 7.70. The summed E-state index contributed by atoms with van der Waals surface area (Å²) in [4.78, 5) is 14.2. The van der Waals surface area contributed by atoms with Crippen LogP contribution in [0.15, 0.2) is 18.7 Å². The second-order valence-electron chi connectivity index (χ2n) is 6.10. The minimum absolute atomic E-state index is 0.162. The number of hydrogen-bond acceptors (Lipinski definition) is 5. The molecule has 1 aliphatic rings. The number of aromatic nitrogens is 4. The standard InChI is InChI=1S/C15H19F3N6/c1-23-5-3-10(4-6-23)21-14-19-7-11(15(16,17)18)13(22-14)12-8-24(2)9-20-12/h7-10H,3-6H2,1-2H3,(H,19,21,22). The molecule has 0 atom stereocenters. The quantitative estimate of drug-likeness (QED) is 0.930. The number of halogens is 3. The summed E-state index contributed by atoms with van der Waals surface area (Å²) >= 11 is 0. The van der Waals surface area contributed by atoms with Crippen molar-refractivity contribution in [3.63, 3.8) is 0 Å². The molecule has 2 aromatic rings. The van der Waals surface area contributed by atoms with Crippen molar-refractivity contribution in [1.82, 2.24) is 24.4 Å². The Hall–Kier alpha value is -2.16. The summed E-state index contributed by atoms with van der Waals surface area (Å²) in [6.45, 7) is 1.87. The molecular weight excluding hydrogens is 321 g/mol. The second-order valence-corrected chi connectivity index (χ2v) is 6.10. The Morgan fingerprint density at radius 3 is 2.46 bits per heavy atom. The lowest BCUT2D eigenvalue weighted by molar-refractivity contribution is -0.137. The molecule has 0 radical (unpaired) electrons. The molecule has 0 aliphatic carbocycles. The summed E-state index contributed by atoms with van der Waals surface area (Å²) in [5.41, 5.74) is -0.901. The molecule has 0 saturated carbocycles. The molecule has 1 aliphatic heterocycles. The summed E-state index contributed by atoms with van der Waals surface area (Å²) in [5, 5.41) is 3.15. The van der Waals surface area contributed by atoms with Gasteiger partial charge >= 0.3 is 6.18 Å². The van der Waals surface area contributed by atoms with E-state index in [1.807, 2.05) is 7.05 Å². The van der Waals surface area contributed by atoms with Crippen molar-refractivity contribution in [2.75, 3.05) is 25.5 Å². The average Bonchev–Trinajstić information content (AvgIpc) is 2.95. The van der Waals surface area contributed by atoms with Crippen LogP contribution in [0.5, 0.6) is 0 Å². The van der Waals surface area contributed by atoms with Gasteiger partial charge in [-0.1, -0.05) is 0 Å². The van der Waals surface area contributed by atoms with Crippen LogP contribution in [0.3, 0.4) is 0 Å². The van der Waals surface area contributed by atoms with Crippen molar-refractivity contribution in [2.24, 2.45) is 7.05 Å². The number of aryl methyl sites for hydroxylation is 1. The fourth-order valence-electron chi connectivity index (χ4n) is 2.72. The lowest BCUT2D eigenvalue weighted by Crippen LogP contribution is -2.37. The van der Waals surface area contributed by atoms with Crippen LogP contribution in [0.25, 0.3) is 11.4 Å². The highest BCUT2D eigenvalue weighted by molar-refractivity contribution is 5.60. The molecule has 1 saturated heterocycles. The Morgan fingerprint density at radius 1 is 1.17 bits per heavy atom. The second kappa shape index (κ2) is 6.39. The zero-order chi connectivity index (χ0) is 17.3. The van der Waals surface area contributed by atoms with E-state index in [1.165, 1.54) is 12.5 Å². The largest absolute Gasteiger partial charge is 0.420 e. The Kier molecular flexibility index (Phi) is 4.44. The van der Waals surface area contributed by atoms with Crippen LogP contribution in [0, 0.1) is 0 Å². The van der Waals surface area contributed by atoms with Crippen LogP contribution >= 0.6 is 0 Å². The van der Waals surface area contributed by atoms with Gasteiger partial charge in [-0.25, -0.2) is 15.0 Å². The van der Waals surface area contributed by atoms with Crippen LogP contribution in [0.2, 0.25) is 0 Å². The number of alkyl halides is 3. The Labute approximate surface area is 137 Å². The maximum atomic E-state index is 13.2. The number of likely N-dealkylation sites (tertiary alicyclic amines) is 1. The van der Waals surface area contributed by atoms with Gasteiger partial charge in [0.25, 0.3) is 0 Å². The molecule has 9 heteroatoms. The number of nitrogens with zero attached hydrogens (tertiary/aromatic N) is 5. The van der Waals surface area contributed by atoms with Gasteiger partial charge in [0.1, 0.15) is 17.0 Å². The fraction of sp³-hybridized carbons (Fsp3) is 0.533. The molecule has 1 N–H and O–H groups in total. The summed E-state index contributed by atoms with van der Waals surface area (Å²) in [6.07, 6.45) is 1.06. The molecular formula is C15H19F3N6. The van der Waals surface area contributed by atoms with Crippen molar-refractivity contribution in [3.05, 3.63) is 24.3 Å². The minimum Gasteiger partial charge on any atom is -0.351 e. The van der Waals surface area contributed by atoms with E-state index in [1.54, 1.807) is 11.6 Å². The van der Waals surface area contributed by atoms with Crippen LogP contribution in [0.4, 0.5) is 19.1 Å². The third-order valence-corrected chi connectivity index (χ3v) is 4.09. The summed E-state index contributed by atoms with van der Waals surface area (Å²) < 4.78 is 41.3. The molecule has 2 aromatic heterocycles. The summed E-state index contributed by atoms with van der Waals surface area (Å²) in [6, 6.07) is 0.162. The summed E-state index contributed by atoms with van der Waals surface area (Å²) in [7, 11) is 3.74. The highest BCUT2D eigenvalue weighted by Crippen LogP contribution is 2.35. The molecule has 6 nitrogen and oxygen atoms in total. The zero-order valence-electron chi connectivity index (χ0n) is 13.5. The van der Waals surface area contributed by atoms with Crippen LogP contribution in [-0.2, 0) is 13.2 Å². The summed E-state index contributed by atoms with van der Waals surface area (Å²) in [5.74, 6) is 0.207. The zero-order valence-corrected chi connectivity index (χ0v) is 13.5. The number of anilines is 1. The average molecular weight is 340 g/mol. The molecule has 1 fully saturated rings. The van der Waals surface area contributed by atoms with Gasteiger partial charge in [-0.15, -0.1) is 0 Å². The van der Waals surface area contributed by atoms with E-state index in [0.29, 0.717) is 0 Å². The Morgan fingerprint density at radius 2 is 1.88 bits per heavy atom. The monoisotopic (exact) mass is 340 g/mol. The molecule has 3 heterocycles. The van der Waals surface area contributed by atoms with Gasteiger partial charge in [0.15, 0.2) is 0 Å². The van der Waals surface area contributed by atoms with E-state index in [4.69, 9.17) is 0 Å². The van der Waals surface area contributed by atoms with Crippen LogP contribution in [-0.4, -0.2) is 50.6 Å². The molecule has 24 heavy (non-hydrogen) atoms. The number of imidazole rings is 1. The highest BCUT2D eigenvalue weighted by Gasteiger charge is 2.36. The number of nitrogens with one attached hydrogen (secondary N) is 1. The van der Waals surface area contributed by atoms with Gasteiger partial charge in [-0.2, -0.15) is 13.2 Å². The van der Waals surface area contributed by atoms with Gasteiger partial charge < -0.3 is 14.8 Å². The molecule has 0 bridgehead atoms. The van der Waals surface area contributed by atoms with E-state index < -0.39 is 11.7 Å². The van der Waals surface area contributed by atoms with E-state index in [9.17, 15) is 13.2 Å². The van der Waals surface area contributed by atoms with E-state index in [0.717, 1.165) is 32.1 Å². The van der Waals surface area contributed by atoms with E-state index in [2.05, 4.69) is 25.2 Å². The molecule has 130 valence electrons. The molecule has 0 spiro atoms. The predicted molar refractivity (Wildman–Crippen MR) is 83.4 cm³/mol. The fourth-order valence-corrected chi connectivity index (χ4v) is 2.72. The molecule has 0 aromatic carbocycles. The van der Waals surface area contributed by atoms with Crippen LogP contribution in [0.1, 0.15) is 18.4 Å². The first-order chi connectivity index (χ1) is 11.3. The van der Waals surface area contributed by atoms with E-state index in [-0.39, 0.29) is 23.4 Å². The lowest BCUT2D eigenvalue weighted by Gasteiger charge is -2.29. The molecule has 3 rings (SSSR count). The SMILES string of the molecule is CN1CCC(Nc2ncc(C(F)(F)F)c(-c3cn(C)cn3)n2)CC1. The van der Waals surface area contributed by atoms with Crippen molar-refractivity contribution in [3.8, 4) is 11.4 Å². The first-order valence-electron chi connectivity index (χ1n) is 7.70. The van der Waals surface area contributed by atoms with Crippen molar-refractivity contribution in [1.29, 1.82) is 0 Å². The molecule has 0 amide bonds. The number of hydrogen-bond donors (Lipinski definition) is 1. The van der Waals surface area contributed by atoms with Crippen molar-refractivity contribution < 1.29 is 13.2 Å². The highest BCUT2D eigenvalue weighted by atomic mass is 19.4. The Balaban J connectivity index is 1.89. The van der Waals surface area contributed by atoms with Gasteiger partial charge in [0.05, 0.1) is 6.33 Å². The third kappa shape index (κ3) is 3.66.